The largest absolute Gasteiger partial charge is 0.454 e. The van der Waals surface area contributed by atoms with Crippen LogP contribution >= 0.6 is 17.1 Å². The van der Waals surface area contributed by atoms with Crippen LogP contribution in [0.4, 0.5) is 0 Å². The molecule has 0 aromatic carbocycles. The van der Waals surface area contributed by atoms with Gasteiger partial charge in [-0.15, -0.1) is 0 Å². The van der Waals surface area contributed by atoms with Crippen molar-refractivity contribution in [2.45, 2.75) is 20.8 Å². The Morgan fingerprint density at radius 3 is 2.21 bits per heavy atom. The summed E-state index contributed by atoms with van der Waals surface area (Å²) in [4.78, 5) is 10.5. The van der Waals surface area contributed by atoms with Gasteiger partial charge in [-0.25, -0.2) is 0 Å². The normalized spacial score (nSPS) is 11.4. The lowest BCUT2D eigenvalue weighted by Crippen LogP contribution is -1.99. The van der Waals surface area contributed by atoms with Crippen molar-refractivity contribution in [3.05, 3.63) is 0 Å². The van der Waals surface area contributed by atoms with Crippen LogP contribution < -0.4 is 0 Å². The fourth-order valence-electron chi connectivity index (χ4n) is 0.602. The lowest BCUT2D eigenvalue weighted by Gasteiger charge is -2.19. The second-order valence-corrected chi connectivity index (χ2v) is 8.42. The Morgan fingerprint density at radius 2 is 1.86 bits per heavy atom. The molecule has 0 N–H and O–H groups in total. The van der Waals surface area contributed by atoms with Crippen LogP contribution in [0.15, 0.2) is 0 Å². The summed E-state index contributed by atoms with van der Waals surface area (Å²) in [5, 5.41) is 0. The molecule has 0 fully saturated rings. The molecule has 0 atom stereocenters. The van der Waals surface area contributed by atoms with Crippen LogP contribution in [0.1, 0.15) is 20.8 Å². The Balaban J connectivity index is 3.96. The van der Waals surface area contributed by atoms with Crippen LogP contribution in [0.5, 0.6) is 0 Å². The molecule has 0 aromatic rings. The van der Waals surface area contributed by atoms with E-state index < -0.39 is 5.69 Å². The zero-order chi connectivity index (χ0) is 11.0. The molecule has 0 unspecified atom stereocenters. The molecule has 0 amide bonds. The fraction of sp³-hybridized carbons (Fsp3) is 0.857. The summed E-state index contributed by atoms with van der Waals surface area (Å²) in [7, 11) is 0. The average Bonchev–Trinajstić information content (AvgIpc) is 2.03. The lowest BCUT2D eigenvalue weighted by atomic mass is 10.8. The third kappa shape index (κ3) is 6.79. The summed E-state index contributed by atoms with van der Waals surface area (Å²) >= 11 is 6.43. The lowest BCUT2D eigenvalue weighted by molar-refractivity contribution is -0.138. The van der Waals surface area contributed by atoms with Crippen molar-refractivity contribution in [2.75, 3.05) is 19.2 Å². The van der Waals surface area contributed by atoms with Crippen LogP contribution in [-0.4, -0.2) is 25.1 Å². The first-order chi connectivity index (χ1) is 6.54. The molecule has 7 heteroatoms. The zero-order valence-electron chi connectivity index (χ0n) is 8.52. The molecule has 0 heterocycles. The van der Waals surface area contributed by atoms with E-state index >= 15 is 0 Å². The molecule has 0 rings (SSSR count). The third-order valence-electron chi connectivity index (χ3n) is 1.05. The minimum absolute atomic E-state index is 0.187. The van der Waals surface area contributed by atoms with Crippen LogP contribution in [0.3, 0.4) is 0 Å². The molecule has 0 aromatic heterocycles. The van der Waals surface area contributed by atoms with E-state index in [9.17, 15) is 4.79 Å². The molecular weight excluding hydrogens is 243 g/mol. The standard InChI is InChI=1S/C7H15O4PS2/c1-4-10-12(13,11-5-2)14-6-9-7(3)8/h4-6H2,1-3H3. The highest BCUT2D eigenvalue weighted by molar-refractivity contribution is 8.67. The van der Waals surface area contributed by atoms with Gasteiger partial charge in [0.2, 0.25) is 0 Å². The van der Waals surface area contributed by atoms with Gasteiger partial charge in [-0.1, -0.05) is 0 Å². The van der Waals surface area contributed by atoms with Gasteiger partial charge < -0.3 is 13.8 Å². The van der Waals surface area contributed by atoms with E-state index in [-0.39, 0.29) is 11.9 Å². The fourth-order valence-corrected chi connectivity index (χ4v) is 4.45. The maximum atomic E-state index is 10.5. The first-order valence-electron chi connectivity index (χ1n) is 4.21. The first kappa shape index (κ1) is 14.4. The summed E-state index contributed by atoms with van der Waals surface area (Å²) in [5.41, 5.74) is -2.30. The smallest absolute Gasteiger partial charge is 0.303 e. The van der Waals surface area contributed by atoms with Crippen LogP contribution in [0, 0.1) is 0 Å². The van der Waals surface area contributed by atoms with Gasteiger partial charge >= 0.3 is 5.97 Å². The minimum Gasteiger partial charge on any atom is -0.454 e. The van der Waals surface area contributed by atoms with E-state index in [1.807, 2.05) is 13.8 Å². The van der Waals surface area contributed by atoms with Gasteiger partial charge in [-0.05, 0) is 37.0 Å². The van der Waals surface area contributed by atoms with Gasteiger partial charge in [0.15, 0.2) is 0 Å². The predicted molar refractivity (Wildman–Crippen MR) is 61.8 cm³/mol. The molecule has 84 valence electrons. The highest BCUT2D eigenvalue weighted by atomic mass is 32.9. The molecule has 0 saturated heterocycles. The van der Waals surface area contributed by atoms with Gasteiger partial charge in [0.25, 0.3) is 5.69 Å². The van der Waals surface area contributed by atoms with Gasteiger partial charge in [-0.2, -0.15) is 0 Å². The van der Waals surface area contributed by atoms with E-state index in [2.05, 4.69) is 0 Å². The molecule has 0 radical (unpaired) electrons. The van der Waals surface area contributed by atoms with E-state index in [4.69, 9.17) is 25.6 Å². The molecule has 4 nitrogen and oxygen atoms in total. The summed E-state index contributed by atoms with van der Waals surface area (Å²) < 4.78 is 15.4. The maximum Gasteiger partial charge on any atom is 0.303 e. The molecular formula is C7H15O4PS2. The number of esters is 1. The molecule has 0 bridgehead atoms. The van der Waals surface area contributed by atoms with Gasteiger partial charge in [0, 0.05) is 6.92 Å². The van der Waals surface area contributed by atoms with E-state index in [0.29, 0.717) is 13.2 Å². The number of rotatable bonds is 7. The van der Waals surface area contributed by atoms with Crippen LogP contribution in [0.25, 0.3) is 0 Å². The third-order valence-corrected chi connectivity index (χ3v) is 6.21. The second kappa shape index (κ2) is 7.65. The molecule has 0 saturated carbocycles. The summed E-state index contributed by atoms with van der Waals surface area (Å²) in [6.45, 7) is 6.07. The van der Waals surface area contributed by atoms with Crippen molar-refractivity contribution < 1.29 is 18.6 Å². The Bertz CT molecular complexity index is 212. The molecule has 0 aliphatic rings. The zero-order valence-corrected chi connectivity index (χ0v) is 11.0. The Labute approximate surface area is 93.6 Å². The van der Waals surface area contributed by atoms with Crippen molar-refractivity contribution in [2.24, 2.45) is 0 Å². The van der Waals surface area contributed by atoms with Crippen molar-refractivity contribution in [3.63, 3.8) is 0 Å². The summed E-state index contributed by atoms with van der Waals surface area (Å²) in [5.74, 6) is -0.140. The van der Waals surface area contributed by atoms with Crippen molar-refractivity contribution in [3.8, 4) is 0 Å². The Kier molecular flexibility index (Phi) is 7.86. The number of hydrogen-bond donors (Lipinski definition) is 0. The highest BCUT2D eigenvalue weighted by Gasteiger charge is 2.19. The van der Waals surface area contributed by atoms with Crippen LogP contribution in [0.2, 0.25) is 0 Å². The molecule has 0 aliphatic heterocycles. The van der Waals surface area contributed by atoms with E-state index in [0.717, 1.165) is 0 Å². The van der Waals surface area contributed by atoms with Crippen LogP contribution in [-0.2, 0) is 30.4 Å². The van der Waals surface area contributed by atoms with Gasteiger partial charge in [-0.3, -0.25) is 4.79 Å². The summed E-state index contributed by atoms with van der Waals surface area (Å²) in [6, 6.07) is 0. The molecule has 14 heavy (non-hydrogen) atoms. The van der Waals surface area contributed by atoms with Crippen molar-refractivity contribution in [1.29, 1.82) is 0 Å². The molecule has 0 spiro atoms. The number of carbonyl (C=O) groups excluding carboxylic acids is 1. The first-order valence-corrected chi connectivity index (χ1v) is 8.44. The highest BCUT2D eigenvalue weighted by Crippen LogP contribution is 2.60. The van der Waals surface area contributed by atoms with E-state index in [1.54, 1.807) is 0 Å². The minimum atomic E-state index is -2.30. The molecule has 0 aliphatic carbocycles. The van der Waals surface area contributed by atoms with Gasteiger partial charge in [0.1, 0.15) is 5.94 Å². The van der Waals surface area contributed by atoms with E-state index in [1.165, 1.54) is 18.3 Å². The number of carbonyl (C=O) groups is 1. The average molecular weight is 258 g/mol. The Hall–Kier alpha value is 0.390. The van der Waals surface area contributed by atoms with Crippen molar-refractivity contribution >= 4 is 34.9 Å². The topological polar surface area (TPSA) is 44.8 Å². The Morgan fingerprint density at radius 1 is 1.36 bits per heavy atom. The SMILES string of the molecule is CCOP(=S)(OCC)SCOC(C)=O. The van der Waals surface area contributed by atoms with Crippen molar-refractivity contribution in [1.82, 2.24) is 0 Å². The number of hydrogen-bond acceptors (Lipinski definition) is 6. The monoisotopic (exact) mass is 258 g/mol. The quantitative estimate of drug-likeness (QED) is 0.397. The predicted octanol–water partition coefficient (Wildman–Crippen LogP) is 2.54. The maximum absolute atomic E-state index is 10.5. The summed E-state index contributed by atoms with van der Waals surface area (Å²) in [6.07, 6.45) is 0. The number of ether oxygens (including phenoxy) is 1. The second-order valence-electron chi connectivity index (χ2n) is 2.17. The van der Waals surface area contributed by atoms with Gasteiger partial charge in [0.05, 0.1) is 13.2 Å².